The molecule has 19 heavy (non-hydrogen) atoms. The van der Waals surface area contributed by atoms with Crippen molar-refractivity contribution in [2.75, 3.05) is 13.6 Å². The fraction of sp³-hybridized carbons (Fsp3) is 0.583. The Kier molecular flexibility index (Phi) is 4.76. The normalized spacial score (nSPS) is 14.2. The second-order valence-corrected chi connectivity index (χ2v) is 5.84. The first-order valence-electron chi connectivity index (χ1n) is 6.11. The van der Waals surface area contributed by atoms with Crippen molar-refractivity contribution in [2.45, 2.75) is 31.2 Å². The highest BCUT2D eigenvalue weighted by atomic mass is 35.5. The van der Waals surface area contributed by atoms with Crippen molar-refractivity contribution in [1.82, 2.24) is 15.2 Å². The van der Waals surface area contributed by atoms with E-state index in [0.717, 1.165) is 23.5 Å². The van der Waals surface area contributed by atoms with E-state index in [9.17, 15) is 9.59 Å². The highest BCUT2D eigenvalue weighted by Gasteiger charge is 2.24. The minimum Gasteiger partial charge on any atom is -0.352 e. The second kappa shape index (κ2) is 6.34. The van der Waals surface area contributed by atoms with Gasteiger partial charge in [0, 0.05) is 18.5 Å². The van der Waals surface area contributed by atoms with Gasteiger partial charge in [0.15, 0.2) is 0 Å². The summed E-state index contributed by atoms with van der Waals surface area (Å²) in [6.45, 7) is 0.100. The van der Waals surface area contributed by atoms with E-state index in [4.69, 9.17) is 11.6 Å². The smallest absolute Gasteiger partial charge is 0.239 e. The van der Waals surface area contributed by atoms with Crippen molar-refractivity contribution in [3.63, 3.8) is 0 Å². The Morgan fingerprint density at radius 2 is 2.32 bits per heavy atom. The van der Waals surface area contributed by atoms with Crippen LogP contribution in [0.2, 0.25) is 0 Å². The zero-order valence-corrected chi connectivity index (χ0v) is 12.3. The van der Waals surface area contributed by atoms with Gasteiger partial charge in [-0.05, 0) is 12.8 Å². The molecule has 0 radical (unpaired) electrons. The molecule has 0 atom stereocenters. The van der Waals surface area contributed by atoms with E-state index in [2.05, 4.69) is 10.3 Å². The first kappa shape index (κ1) is 14.3. The number of nitrogens with zero attached hydrogens (tertiary/aromatic N) is 2. The maximum Gasteiger partial charge on any atom is 0.239 e. The third kappa shape index (κ3) is 4.47. The number of aromatic nitrogens is 1. The van der Waals surface area contributed by atoms with Gasteiger partial charge in [-0.1, -0.05) is 0 Å². The van der Waals surface area contributed by atoms with Crippen LogP contribution in [0.5, 0.6) is 0 Å². The fourth-order valence-electron chi connectivity index (χ4n) is 1.56. The van der Waals surface area contributed by atoms with Gasteiger partial charge in [-0.3, -0.25) is 9.59 Å². The second-order valence-electron chi connectivity index (χ2n) is 4.63. The summed E-state index contributed by atoms with van der Waals surface area (Å²) in [7, 11) is 1.63. The highest BCUT2D eigenvalue weighted by Crippen LogP contribution is 2.18. The number of carbonyl (C=O) groups is 2. The lowest BCUT2D eigenvalue weighted by molar-refractivity contribution is -0.134. The molecule has 2 rings (SSSR count). The molecule has 1 aromatic rings. The number of hydrogen-bond donors (Lipinski definition) is 1. The van der Waals surface area contributed by atoms with Crippen LogP contribution in [0.1, 0.15) is 23.5 Å². The molecule has 0 unspecified atom stereocenters. The van der Waals surface area contributed by atoms with Crippen LogP contribution in [-0.4, -0.2) is 41.3 Å². The quantitative estimate of drug-likeness (QED) is 0.802. The topological polar surface area (TPSA) is 62.3 Å². The van der Waals surface area contributed by atoms with E-state index in [1.807, 2.05) is 5.38 Å². The van der Waals surface area contributed by atoms with Crippen molar-refractivity contribution in [3.8, 4) is 0 Å². The summed E-state index contributed by atoms with van der Waals surface area (Å²) in [5, 5.41) is 5.43. The molecule has 1 saturated carbocycles. The number of amides is 2. The van der Waals surface area contributed by atoms with E-state index in [0.29, 0.717) is 11.9 Å². The lowest BCUT2D eigenvalue weighted by atomic mass is 10.3. The molecular weight excluding hydrogens is 286 g/mol. The first-order valence-corrected chi connectivity index (χ1v) is 7.52. The molecule has 1 aliphatic carbocycles. The number of nitrogens with one attached hydrogen (secondary N) is 1. The van der Waals surface area contributed by atoms with Crippen molar-refractivity contribution < 1.29 is 9.59 Å². The van der Waals surface area contributed by atoms with Crippen molar-refractivity contribution in [3.05, 3.63) is 16.1 Å². The van der Waals surface area contributed by atoms with Gasteiger partial charge >= 0.3 is 0 Å². The number of alkyl halides is 1. The zero-order chi connectivity index (χ0) is 13.8. The average Bonchev–Trinajstić information content (AvgIpc) is 3.05. The van der Waals surface area contributed by atoms with Gasteiger partial charge < -0.3 is 10.2 Å². The van der Waals surface area contributed by atoms with Crippen LogP contribution >= 0.6 is 22.9 Å². The highest BCUT2D eigenvalue weighted by molar-refractivity contribution is 7.09. The average molecular weight is 302 g/mol. The Hall–Kier alpha value is -1.14. The fourth-order valence-corrected chi connectivity index (χ4v) is 2.57. The van der Waals surface area contributed by atoms with Gasteiger partial charge in [-0.2, -0.15) is 0 Å². The predicted octanol–water partition coefficient (Wildman–Crippen LogP) is 1.16. The van der Waals surface area contributed by atoms with E-state index in [1.165, 1.54) is 16.2 Å². The molecule has 104 valence electrons. The Balaban J connectivity index is 1.79. The van der Waals surface area contributed by atoms with Crippen LogP contribution in [0.25, 0.3) is 0 Å². The molecule has 1 aromatic heterocycles. The molecule has 1 N–H and O–H groups in total. The van der Waals surface area contributed by atoms with Gasteiger partial charge in [0.05, 0.1) is 24.5 Å². The van der Waals surface area contributed by atoms with E-state index >= 15 is 0 Å². The molecule has 0 spiro atoms. The maximum absolute atomic E-state index is 11.9. The number of likely N-dealkylation sites (N-methyl/N-ethyl adjacent to an activating group) is 1. The van der Waals surface area contributed by atoms with Crippen LogP contribution in [0.15, 0.2) is 5.38 Å². The van der Waals surface area contributed by atoms with Crippen molar-refractivity contribution >= 4 is 34.8 Å². The van der Waals surface area contributed by atoms with Gasteiger partial charge in [-0.15, -0.1) is 22.9 Å². The molecular formula is C12H16ClN3O2S. The molecule has 0 aliphatic heterocycles. The molecule has 1 aliphatic rings. The molecule has 1 fully saturated rings. The summed E-state index contributed by atoms with van der Waals surface area (Å²) >= 11 is 7.07. The lowest BCUT2D eigenvalue weighted by Gasteiger charge is -2.16. The summed E-state index contributed by atoms with van der Waals surface area (Å²) in [5.41, 5.74) is 0.781. The molecule has 2 amide bonds. The molecule has 0 saturated heterocycles. The van der Waals surface area contributed by atoms with Crippen LogP contribution in [0.3, 0.4) is 0 Å². The summed E-state index contributed by atoms with van der Waals surface area (Å²) < 4.78 is 0. The lowest BCUT2D eigenvalue weighted by Crippen LogP contribution is -2.39. The minimum atomic E-state index is -0.110. The Morgan fingerprint density at radius 1 is 1.58 bits per heavy atom. The van der Waals surface area contributed by atoms with Gasteiger partial charge in [0.2, 0.25) is 11.8 Å². The number of carbonyl (C=O) groups excluding carboxylic acids is 2. The Labute approximate surface area is 121 Å². The first-order chi connectivity index (χ1) is 9.08. The zero-order valence-electron chi connectivity index (χ0n) is 10.7. The van der Waals surface area contributed by atoms with E-state index < -0.39 is 0 Å². The Morgan fingerprint density at radius 3 is 2.89 bits per heavy atom. The third-order valence-corrected chi connectivity index (χ3v) is 3.96. The summed E-state index contributed by atoms with van der Waals surface area (Å²) in [5.74, 6) is 0.144. The minimum absolute atomic E-state index is 0.0982. The molecule has 5 nitrogen and oxygen atoms in total. The summed E-state index contributed by atoms with van der Waals surface area (Å²) in [4.78, 5) is 29.2. The largest absolute Gasteiger partial charge is 0.352 e. The van der Waals surface area contributed by atoms with E-state index in [-0.39, 0.29) is 24.8 Å². The molecule has 7 heteroatoms. The summed E-state index contributed by atoms with van der Waals surface area (Å²) in [6, 6.07) is 0.321. The standard InChI is InChI=1S/C12H16ClN3O2S/c1-16(6-10(17)14-8-2-3-8)12(18)4-11-15-9(5-13)7-19-11/h7-8H,2-6H2,1H3,(H,14,17). The predicted molar refractivity (Wildman–Crippen MR) is 74.2 cm³/mol. The maximum atomic E-state index is 11.9. The van der Waals surface area contributed by atoms with Gasteiger partial charge in [0.25, 0.3) is 0 Å². The molecule has 0 bridgehead atoms. The SMILES string of the molecule is CN(CC(=O)NC1CC1)C(=O)Cc1nc(CCl)cs1. The monoisotopic (exact) mass is 301 g/mol. The van der Waals surface area contributed by atoms with Crippen LogP contribution in [-0.2, 0) is 21.9 Å². The number of hydrogen-bond acceptors (Lipinski definition) is 4. The van der Waals surface area contributed by atoms with Gasteiger partial charge in [0.1, 0.15) is 5.01 Å². The van der Waals surface area contributed by atoms with E-state index in [1.54, 1.807) is 7.05 Å². The molecule has 0 aromatic carbocycles. The van der Waals surface area contributed by atoms with Crippen LogP contribution in [0, 0.1) is 0 Å². The summed E-state index contributed by atoms with van der Waals surface area (Å²) in [6.07, 6.45) is 2.31. The number of thiazole rings is 1. The van der Waals surface area contributed by atoms with Crippen LogP contribution in [0.4, 0.5) is 0 Å². The van der Waals surface area contributed by atoms with Crippen molar-refractivity contribution in [2.24, 2.45) is 0 Å². The third-order valence-electron chi connectivity index (χ3n) is 2.79. The van der Waals surface area contributed by atoms with Crippen LogP contribution < -0.4 is 5.32 Å². The number of halogens is 1. The van der Waals surface area contributed by atoms with Crippen molar-refractivity contribution in [1.29, 1.82) is 0 Å². The molecule has 1 heterocycles. The van der Waals surface area contributed by atoms with Gasteiger partial charge in [-0.25, -0.2) is 4.98 Å². The number of rotatable bonds is 6. The Bertz CT molecular complexity index is 473.